The largest absolute Gasteiger partial charge is 0.287 e. The van der Waals surface area contributed by atoms with E-state index in [0.29, 0.717) is 5.12 Å². The van der Waals surface area contributed by atoms with Gasteiger partial charge >= 0.3 is 0 Å². The second kappa shape index (κ2) is 22.1. The number of hydrogen-bond donors (Lipinski definition) is 0. The summed E-state index contributed by atoms with van der Waals surface area (Å²) >= 11 is 1.36. The maximum atomic E-state index is 11.3. The van der Waals surface area contributed by atoms with Crippen LogP contribution >= 0.6 is 11.8 Å². The highest BCUT2D eigenvalue weighted by atomic mass is 32.2. The highest BCUT2D eigenvalue weighted by molar-refractivity contribution is 8.15. The third kappa shape index (κ3) is 22.0. The lowest BCUT2D eigenvalue weighted by molar-refractivity contribution is -0.111. The molecular weight excluding hydrogens is 324 g/mol. The van der Waals surface area contributed by atoms with Crippen LogP contribution in [0.4, 0.5) is 0 Å². The van der Waals surface area contributed by atoms with Gasteiger partial charge in [0.25, 0.3) is 0 Å². The Bertz CT molecular complexity index is 265. The zero-order chi connectivity index (χ0) is 18.4. The molecule has 0 bridgehead atoms. The van der Waals surface area contributed by atoms with E-state index in [0.717, 1.165) is 12.8 Å². The molecule has 0 unspecified atom stereocenters. The van der Waals surface area contributed by atoms with Crippen LogP contribution in [0.5, 0.6) is 0 Å². The Labute approximate surface area is 163 Å². The molecule has 0 aliphatic carbocycles. The van der Waals surface area contributed by atoms with Gasteiger partial charge in [0.15, 0.2) is 5.12 Å². The number of carbonyl (C=O) groups is 1. The van der Waals surface area contributed by atoms with Crippen molar-refractivity contribution in [2.24, 2.45) is 0 Å². The van der Waals surface area contributed by atoms with Gasteiger partial charge in [-0.3, -0.25) is 4.79 Å². The molecule has 0 amide bonds. The maximum Gasteiger partial charge on any atom is 0.189 e. The predicted octanol–water partition coefficient (Wildman–Crippen LogP) is 8.86. The molecule has 0 saturated heterocycles. The molecule has 0 atom stereocenters. The van der Waals surface area contributed by atoms with E-state index >= 15 is 0 Å². The molecule has 0 saturated carbocycles. The second-order valence-electron chi connectivity index (χ2n) is 7.49. The monoisotopic (exact) mass is 369 g/mol. The van der Waals surface area contributed by atoms with E-state index in [9.17, 15) is 4.79 Å². The van der Waals surface area contributed by atoms with Gasteiger partial charge in [-0.05, 0) is 6.42 Å². The molecule has 0 aliphatic heterocycles. The fraction of sp³-hybridized carbons (Fsp3) is 0.913. The molecule has 0 rings (SSSR count). The molecule has 2 heteroatoms. The van der Waals surface area contributed by atoms with Crippen molar-refractivity contribution in [1.82, 2.24) is 0 Å². The van der Waals surface area contributed by atoms with Gasteiger partial charge < -0.3 is 0 Å². The minimum Gasteiger partial charge on any atom is -0.287 e. The second-order valence-corrected chi connectivity index (χ2v) is 8.65. The zero-order valence-corrected chi connectivity index (χ0v) is 18.1. The lowest BCUT2D eigenvalue weighted by Gasteiger charge is -2.04. The standard InChI is InChI=1S/C23H45OS/c1-3-5-6-7-8-9-10-11-12-13-14-15-16-17-18-19-20-21-22-23(24)25-4-2/h4H,3,5-22H2,1-2H3. The fourth-order valence-corrected chi connectivity index (χ4v) is 3.89. The number of carbonyl (C=O) groups excluding carboxylic acids is 1. The van der Waals surface area contributed by atoms with Crippen LogP contribution in [0.2, 0.25) is 0 Å². The van der Waals surface area contributed by atoms with Crippen LogP contribution in [0.15, 0.2) is 0 Å². The topological polar surface area (TPSA) is 17.1 Å². The first-order valence-corrected chi connectivity index (χ1v) is 12.2. The molecule has 0 aromatic carbocycles. The lowest BCUT2D eigenvalue weighted by Crippen LogP contribution is -1.90. The van der Waals surface area contributed by atoms with Crippen molar-refractivity contribution in [2.75, 3.05) is 0 Å². The van der Waals surface area contributed by atoms with E-state index in [1.807, 2.05) is 12.7 Å². The first-order chi connectivity index (χ1) is 12.3. The van der Waals surface area contributed by atoms with Crippen LogP contribution < -0.4 is 0 Å². The summed E-state index contributed by atoms with van der Waals surface area (Å²) in [6.07, 6.45) is 25.9. The highest BCUT2D eigenvalue weighted by Crippen LogP contribution is 2.16. The Hall–Kier alpha value is 0.0200. The molecule has 25 heavy (non-hydrogen) atoms. The lowest BCUT2D eigenvalue weighted by atomic mass is 10.0. The van der Waals surface area contributed by atoms with Crippen LogP contribution in [0, 0.1) is 5.75 Å². The van der Waals surface area contributed by atoms with Gasteiger partial charge in [0.1, 0.15) is 0 Å². The van der Waals surface area contributed by atoms with E-state index < -0.39 is 0 Å². The van der Waals surface area contributed by atoms with Crippen molar-refractivity contribution in [2.45, 2.75) is 136 Å². The van der Waals surface area contributed by atoms with Crippen LogP contribution in [0.25, 0.3) is 0 Å². The number of hydrogen-bond acceptors (Lipinski definition) is 2. The smallest absolute Gasteiger partial charge is 0.189 e. The van der Waals surface area contributed by atoms with Crippen molar-refractivity contribution in [1.29, 1.82) is 0 Å². The first-order valence-electron chi connectivity index (χ1n) is 11.3. The van der Waals surface area contributed by atoms with E-state index in [-0.39, 0.29) is 0 Å². The molecule has 149 valence electrons. The Morgan fingerprint density at radius 2 is 0.920 bits per heavy atom. The molecule has 0 fully saturated rings. The summed E-state index contributed by atoms with van der Waals surface area (Å²) in [7, 11) is 0. The minimum absolute atomic E-state index is 0.332. The van der Waals surface area contributed by atoms with Gasteiger partial charge in [0.05, 0.1) is 0 Å². The Morgan fingerprint density at radius 1 is 0.600 bits per heavy atom. The number of rotatable bonds is 20. The SMILES string of the molecule is C[CH]SC(=O)CCCCCCCCCCCCCCCCCCCC. The van der Waals surface area contributed by atoms with Gasteiger partial charge in [0.2, 0.25) is 0 Å². The Balaban J connectivity index is 3.02. The highest BCUT2D eigenvalue weighted by Gasteiger charge is 2.00. The quantitative estimate of drug-likeness (QED) is 0.199. The van der Waals surface area contributed by atoms with Gasteiger partial charge in [-0.25, -0.2) is 0 Å². The summed E-state index contributed by atoms with van der Waals surface area (Å²) in [4.78, 5) is 11.3. The van der Waals surface area contributed by atoms with Gasteiger partial charge in [-0.2, -0.15) is 0 Å². The van der Waals surface area contributed by atoms with E-state index in [1.54, 1.807) is 0 Å². The zero-order valence-electron chi connectivity index (χ0n) is 17.3. The molecule has 0 aromatic heterocycles. The van der Waals surface area contributed by atoms with Crippen LogP contribution in [0.1, 0.15) is 136 Å². The van der Waals surface area contributed by atoms with Gasteiger partial charge in [-0.1, -0.05) is 135 Å². The fourth-order valence-electron chi connectivity index (χ4n) is 3.36. The van der Waals surface area contributed by atoms with Gasteiger partial charge in [-0.15, -0.1) is 0 Å². The van der Waals surface area contributed by atoms with Crippen molar-refractivity contribution in [3.8, 4) is 0 Å². The molecule has 1 nitrogen and oxygen atoms in total. The normalized spacial score (nSPS) is 11.1. The molecule has 0 aliphatic rings. The average molecular weight is 370 g/mol. The molecule has 1 radical (unpaired) electrons. The van der Waals surface area contributed by atoms with E-state index in [4.69, 9.17) is 0 Å². The van der Waals surface area contributed by atoms with Crippen LogP contribution in [-0.4, -0.2) is 5.12 Å². The summed E-state index contributed by atoms with van der Waals surface area (Å²) in [5.41, 5.74) is 0. The molecule has 0 N–H and O–H groups in total. The van der Waals surface area contributed by atoms with Crippen molar-refractivity contribution in [3.63, 3.8) is 0 Å². The Morgan fingerprint density at radius 3 is 1.24 bits per heavy atom. The summed E-state index contributed by atoms with van der Waals surface area (Å²) in [5, 5.41) is 0.332. The van der Waals surface area contributed by atoms with Crippen molar-refractivity contribution < 1.29 is 4.79 Å². The minimum atomic E-state index is 0.332. The Kier molecular flexibility index (Phi) is 22.1. The van der Waals surface area contributed by atoms with Crippen molar-refractivity contribution >= 4 is 16.9 Å². The van der Waals surface area contributed by atoms with Gasteiger partial charge in [0, 0.05) is 12.2 Å². The predicted molar refractivity (Wildman–Crippen MR) is 116 cm³/mol. The average Bonchev–Trinajstić information content (AvgIpc) is 2.61. The molecule has 0 heterocycles. The molecular formula is C23H45OS. The van der Waals surface area contributed by atoms with Crippen LogP contribution in [-0.2, 0) is 4.79 Å². The third-order valence-electron chi connectivity index (χ3n) is 4.98. The van der Waals surface area contributed by atoms with E-state index in [1.165, 1.54) is 121 Å². The molecule has 0 spiro atoms. The number of unbranched alkanes of at least 4 members (excludes halogenated alkanes) is 17. The first kappa shape index (κ1) is 25.0. The third-order valence-corrected chi connectivity index (χ3v) is 5.69. The molecule has 0 aromatic rings. The van der Waals surface area contributed by atoms with Crippen molar-refractivity contribution in [3.05, 3.63) is 5.75 Å². The summed E-state index contributed by atoms with van der Waals surface area (Å²) in [6.45, 7) is 4.22. The summed E-state index contributed by atoms with van der Waals surface area (Å²) < 4.78 is 0. The van der Waals surface area contributed by atoms with Crippen LogP contribution in [0.3, 0.4) is 0 Å². The summed E-state index contributed by atoms with van der Waals surface area (Å²) in [5.74, 6) is 1.89. The maximum absolute atomic E-state index is 11.3. The van der Waals surface area contributed by atoms with E-state index in [2.05, 4.69) is 6.92 Å². The number of thioether (sulfide) groups is 1. The summed E-state index contributed by atoms with van der Waals surface area (Å²) in [6, 6.07) is 0.